The van der Waals surface area contributed by atoms with E-state index in [2.05, 4.69) is 159 Å². The van der Waals surface area contributed by atoms with Crippen molar-refractivity contribution < 1.29 is 37.9 Å². The second kappa shape index (κ2) is 32.5. The number of pyridine rings is 2. The highest BCUT2D eigenvalue weighted by Gasteiger charge is 2.24. The zero-order valence-corrected chi connectivity index (χ0v) is 49.7. The first kappa shape index (κ1) is 61.7. The predicted molar refractivity (Wildman–Crippen MR) is 319 cm³/mol. The van der Waals surface area contributed by atoms with E-state index in [1.165, 1.54) is 11.1 Å². The van der Waals surface area contributed by atoms with Crippen LogP contribution in [0.5, 0.6) is 23.0 Å². The van der Waals surface area contributed by atoms with Crippen LogP contribution < -0.4 is 18.9 Å². The molecule has 4 aromatic carbocycles. The molecular weight excluding hydrogens is 1000 g/mol. The molecule has 2 heterocycles. The molecule has 80 heavy (non-hydrogen) atoms. The lowest BCUT2D eigenvalue weighted by Crippen LogP contribution is -2.20. The first-order chi connectivity index (χ1) is 38.9. The normalized spacial score (nSPS) is 12.5. The minimum Gasteiger partial charge on any atom is -0.491 e. The van der Waals surface area contributed by atoms with Crippen LogP contribution in [0.25, 0.3) is 0 Å². The first-order valence-corrected chi connectivity index (χ1v) is 28.8. The van der Waals surface area contributed by atoms with Gasteiger partial charge < -0.3 is 47.7 Å². The van der Waals surface area contributed by atoms with Crippen molar-refractivity contribution in [2.24, 2.45) is 0 Å². The van der Waals surface area contributed by atoms with Gasteiger partial charge in [-0.1, -0.05) is 72.8 Å². The molecule has 0 amide bonds. The lowest BCUT2D eigenvalue weighted by molar-refractivity contribution is 0.108. The number of ether oxygens (including phenoxy) is 8. The Labute approximate surface area is 478 Å². The highest BCUT2D eigenvalue weighted by atomic mass is 16.5. The van der Waals surface area contributed by atoms with Crippen molar-refractivity contribution >= 4 is 0 Å². The Morgan fingerprint density at radius 2 is 0.588 bits per heavy atom. The third-order valence-electron chi connectivity index (χ3n) is 13.7. The molecule has 432 valence electrons. The largest absolute Gasteiger partial charge is 0.491 e. The summed E-state index contributed by atoms with van der Waals surface area (Å²) in [4.78, 5) is 19.1. The summed E-state index contributed by atoms with van der Waals surface area (Å²) in [6.07, 6.45) is 2.21. The number of hydrogen-bond donors (Lipinski definition) is 0. The molecule has 0 atom stereocenters. The minimum absolute atomic E-state index is 0.397. The van der Waals surface area contributed by atoms with Gasteiger partial charge in [-0.15, -0.1) is 0 Å². The summed E-state index contributed by atoms with van der Waals surface area (Å²) >= 11 is 0. The fraction of sp³-hybridized carbons (Fsp3) is 0.485. The molecule has 6 aromatic rings. The van der Waals surface area contributed by atoms with Crippen molar-refractivity contribution in [2.45, 2.75) is 92.6 Å². The van der Waals surface area contributed by atoms with Gasteiger partial charge in [0.2, 0.25) is 0 Å². The topological polar surface area (TPSA) is 113 Å². The number of fused-ring (bicyclic) bond motifs is 8. The second-order valence-corrected chi connectivity index (χ2v) is 21.2. The molecule has 8 bridgehead atoms. The van der Waals surface area contributed by atoms with Crippen LogP contribution >= 0.6 is 0 Å². The third kappa shape index (κ3) is 19.1. The summed E-state index contributed by atoms with van der Waals surface area (Å²) in [7, 11) is 12.6. The maximum absolute atomic E-state index is 6.96. The van der Waals surface area contributed by atoms with Gasteiger partial charge in [0, 0.05) is 91.4 Å². The van der Waals surface area contributed by atoms with Crippen molar-refractivity contribution in [3.63, 3.8) is 0 Å². The molecule has 2 aromatic heterocycles. The van der Waals surface area contributed by atoms with E-state index >= 15 is 0 Å². The third-order valence-corrected chi connectivity index (χ3v) is 13.7. The fourth-order valence-electron chi connectivity index (χ4n) is 10.5. The van der Waals surface area contributed by atoms with Crippen molar-refractivity contribution in [1.82, 2.24) is 29.6 Å². The second-order valence-electron chi connectivity index (χ2n) is 21.2. The summed E-state index contributed by atoms with van der Waals surface area (Å²) in [5, 5.41) is 0. The smallest absolute Gasteiger partial charge is 0.126 e. The van der Waals surface area contributed by atoms with Crippen molar-refractivity contribution in [2.75, 3.05) is 122 Å². The van der Waals surface area contributed by atoms with E-state index in [4.69, 9.17) is 47.9 Å². The number of para-hydroxylation sites is 2. The van der Waals surface area contributed by atoms with E-state index in [1.54, 1.807) is 0 Å². The fourth-order valence-corrected chi connectivity index (χ4v) is 10.5. The van der Waals surface area contributed by atoms with Gasteiger partial charge in [-0.2, -0.15) is 0 Å². The van der Waals surface area contributed by atoms with Crippen LogP contribution in [0, 0.1) is 0 Å². The molecule has 1 aliphatic carbocycles. The monoisotopic (exact) mass is 1090 g/mol. The predicted octanol–water partition coefficient (Wildman–Crippen LogP) is 10.2. The van der Waals surface area contributed by atoms with Gasteiger partial charge in [0.05, 0.1) is 49.2 Å². The molecule has 7 rings (SSSR count). The van der Waals surface area contributed by atoms with Crippen LogP contribution in [0.4, 0.5) is 0 Å². The van der Waals surface area contributed by atoms with Crippen LogP contribution in [0.2, 0.25) is 0 Å². The molecule has 0 aliphatic heterocycles. The summed E-state index contributed by atoms with van der Waals surface area (Å²) in [5.74, 6) is 3.38. The number of aromatic nitrogens is 2. The van der Waals surface area contributed by atoms with Gasteiger partial charge in [-0.25, -0.2) is 0 Å². The molecule has 0 N–H and O–H groups in total. The average molecular weight is 1100 g/mol. The molecule has 0 saturated heterocycles. The summed E-state index contributed by atoms with van der Waals surface area (Å²) in [6, 6.07) is 35.1. The van der Waals surface area contributed by atoms with E-state index < -0.39 is 0 Å². The zero-order valence-electron chi connectivity index (χ0n) is 49.7. The lowest BCUT2D eigenvalue weighted by Gasteiger charge is -2.25. The molecule has 0 unspecified atom stereocenters. The van der Waals surface area contributed by atoms with E-state index in [1.807, 2.05) is 27.7 Å². The van der Waals surface area contributed by atoms with Crippen molar-refractivity contribution in [3.05, 3.63) is 175 Å². The maximum Gasteiger partial charge on any atom is 0.126 e. The van der Waals surface area contributed by atoms with Gasteiger partial charge in [0.15, 0.2) is 0 Å². The number of hydrogen-bond acceptors (Lipinski definition) is 14. The maximum atomic E-state index is 6.96. The van der Waals surface area contributed by atoms with Crippen molar-refractivity contribution in [1.29, 1.82) is 0 Å². The number of rotatable bonds is 32. The van der Waals surface area contributed by atoms with Crippen LogP contribution in [0.3, 0.4) is 0 Å². The summed E-state index contributed by atoms with van der Waals surface area (Å²) in [6.45, 7) is 18.3. The Morgan fingerprint density at radius 3 is 0.863 bits per heavy atom. The Bertz CT molecular complexity index is 2560. The summed E-state index contributed by atoms with van der Waals surface area (Å²) in [5.41, 5.74) is 15.0. The molecule has 14 heteroatoms. The standard InChI is InChI=1S/C66H90N6O8/c1-11-73-27-31-77-63-51-19-15-20-52(63)40-56-36-50(44-72(10)48-62-26-18-24-60(68-62)46-70(7)8)38-58(66(56)80-34-30-76-14-4)42-54-22-16-21-53(64(54)78-32-28-74-12-2)41-57-37-49(35-55(39-51)65(57)79-33-29-75-13-3)43-71(9)47-61-25-17-23-59(67-61)45-69(5)6/h15-26,35-38H,11-14,27-34,39-48H2,1-10H3. The zero-order chi connectivity index (χ0) is 56.6. The highest BCUT2D eigenvalue weighted by molar-refractivity contribution is 5.57. The Morgan fingerprint density at radius 1 is 0.325 bits per heavy atom. The van der Waals surface area contributed by atoms with Crippen LogP contribution in [0.1, 0.15) is 106 Å². The van der Waals surface area contributed by atoms with Crippen molar-refractivity contribution in [3.8, 4) is 23.0 Å². The van der Waals surface area contributed by atoms with Crippen LogP contribution in [0.15, 0.2) is 97.1 Å². The SMILES string of the molecule is CCOCCOc1c2cccc1Cc1cc(CN(C)Cc3cccc(CN(C)C)n3)cc(c1OCCOCC)Cc1cccc(c1OCCOCC)Cc1cc(CN(C)Cc3cccc(CN(C)C)n3)cc(c1OCCOCC)C2. The van der Waals surface area contributed by atoms with E-state index in [0.717, 1.165) is 103 Å². The molecular formula is C66H90N6O8. The first-order valence-electron chi connectivity index (χ1n) is 28.8. The van der Waals surface area contributed by atoms with E-state index in [-0.39, 0.29) is 0 Å². The van der Waals surface area contributed by atoms with Gasteiger partial charge in [0.1, 0.15) is 49.4 Å². The van der Waals surface area contributed by atoms with Gasteiger partial charge >= 0.3 is 0 Å². The van der Waals surface area contributed by atoms with Gasteiger partial charge in [0.25, 0.3) is 0 Å². The summed E-state index contributed by atoms with van der Waals surface area (Å²) < 4.78 is 51.4. The molecule has 0 saturated carbocycles. The quantitative estimate of drug-likeness (QED) is 0.0373. The van der Waals surface area contributed by atoms with Crippen LogP contribution in [-0.2, 0) is 83.9 Å². The number of benzene rings is 4. The highest BCUT2D eigenvalue weighted by Crippen LogP contribution is 2.40. The van der Waals surface area contributed by atoms with Gasteiger partial charge in [-0.3, -0.25) is 19.8 Å². The lowest BCUT2D eigenvalue weighted by atomic mass is 9.89. The van der Waals surface area contributed by atoms with E-state index in [0.29, 0.717) is 131 Å². The Kier molecular flexibility index (Phi) is 25.0. The number of nitrogens with zero attached hydrogens (tertiary/aromatic N) is 6. The molecule has 1 aliphatic rings. The van der Waals surface area contributed by atoms with E-state index in [9.17, 15) is 0 Å². The van der Waals surface area contributed by atoms with Gasteiger partial charge in [-0.05, 0) is 150 Å². The van der Waals surface area contributed by atoms with Crippen LogP contribution in [-0.4, -0.2) is 151 Å². The average Bonchev–Trinajstić information content (AvgIpc) is 3.49. The Balaban J connectivity index is 1.41. The molecule has 0 fully saturated rings. The molecule has 0 spiro atoms. The molecule has 14 nitrogen and oxygen atoms in total. The molecule has 0 radical (unpaired) electrons. The minimum atomic E-state index is 0.397. The Hall–Kier alpha value is -5.94.